The molecule has 0 amide bonds. The summed E-state index contributed by atoms with van der Waals surface area (Å²) in [5.41, 5.74) is 7.91. The number of anilines is 1. The monoisotopic (exact) mass is 532 g/mol. The molecule has 0 saturated carbocycles. The highest BCUT2D eigenvalue weighted by molar-refractivity contribution is 9.11. The zero-order valence-electron chi connectivity index (χ0n) is 17.2. The molecule has 0 radical (unpaired) electrons. The normalized spacial score (nSPS) is 20.3. The zero-order chi connectivity index (χ0) is 23.4. The number of nitrogens with zero attached hydrogens (tertiary/aromatic N) is 3. The van der Waals surface area contributed by atoms with Crippen molar-refractivity contribution in [3.63, 3.8) is 0 Å². The summed E-state index contributed by atoms with van der Waals surface area (Å²) in [5.74, 6) is -0.445. The Balaban J connectivity index is 1.99. The van der Waals surface area contributed by atoms with Crippen LogP contribution in [0.25, 0.3) is 0 Å². The van der Waals surface area contributed by atoms with Gasteiger partial charge in [0, 0.05) is 34.7 Å². The van der Waals surface area contributed by atoms with E-state index in [1.54, 1.807) is 4.90 Å². The van der Waals surface area contributed by atoms with E-state index in [0.717, 1.165) is 8.66 Å². The molecule has 1 atom stereocenters. The fourth-order valence-corrected chi connectivity index (χ4v) is 6.15. The molecule has 0 bridgehead atoms. The lowest BCUT2D eigenvalue weighted by Crippen LogP contribution is -2.42. The molecule has 4 rings (SSSR count). The van der Waals surface area contributed by atoms with Gasteiger partial charge in [-0.15, -0.1) is 11.3 Å². The van der Waals surface area contributed by atoms with Gasteiger partial charge in [0.05, 0.1) is 37.0 Å². The summed E-state index contributed by atoms with van der Waals surface area (Å²) in [5, 5.41) is 21.3. The minimum atomic E-state index is -0.567. The van der Waals surface area contributed by atoms with Crippen molar-refractivity contribution in [1.82, 2.24) is 0 Å². The number of halogens is 2. The highest BCUT2D eigenvalue weighted by atomic mass is 79.9. The van der Waals surface area contributed by atoms with Crippen LogP contribution in [0.4, 0.5) is 11.4 Å². The molecule has 7 nitrogen and oxygen atoms in total. The molecule has 1 aromatic heterocycles. The number of ketones is 1. The van der Waals surface area contributed by atoms with E-state index in [1.165, 1.54) is 29.5 Å². The Morgan fingerprint density at radius 1 is 1.34 bits per heavy atom. The van der Waals surface area contributed by atoms with Gasteiger partial charge < -0.3 is 5.73 Å². The molecule has 0 spiro atoms. The zero-order valence-corrected chi connectivity index (χ0v) is 20.3. The standard InChI is InChI=1S/C22H18BrClN4O3S/c1-22(2)8-15-20(16(29)9-22)19(17-5-6-18(23)32-17)12(10-25)21(26)27(15)14-4-3-11(28(30)31)7-13(14)24/h3-7,19H,8-9,26H2,1-2H3. The number of carbonyl (C=O) groups excluding carboxylic acids is 1. The highest BCUT2D eigenvalue weighted by Crippen LogP contribution is 2.52. The van der Waals surface area contributed by atoms with E-state index in [-0.39, 0.29) is 33.3 Å². The quantitative estimate of drug-likeness (QED) is 0.382. The summed E-state index contributed by atoms with van der Waals surface area (Å²) in [6.45, 7) is 4.00. The van der Waals surface area contributed by atoms with Crippen LogP contribution in [-0.2, 0) is 4.79 Å². The summed E-state index contributed by atoms with van der Waals surface area (Å²) in [7, 11) is 0. The molecule has 1 aromatic carbocycles. The second kappa shape index (κ2) is 8.03. The molecule has 1 aliphatic carbocycles. The van der Waals surface area contributed by atoms with E-state index in [2.05, 4.69) is 22.0 Å². The topological polar surface area (TPSA) is 113 Å². The maximum atomic E-state index is 13.4. The van der Waals surface area contributed by atoms with Crippen molar-refractivity contribution < 1.29 is 9.72 Å². The Morgan fingerprint density at radius 3 is 2.62 bits per heavy atom. The Hall–Kier alpha value is -2.67. The van der Waals surface area contributed by atoms with Gasteiger partial charge in [-0.05, 0) is 46.0 Å². The molecular weight excluding hydrogens is 516 g/mol. The van der Waals surface area contributed by atoms with Gasteiger partial charge >= 0.3 is 0 Å². The van der Waals surface area contributed by atoms with E-state index in [9.17, 15) is 20.2 Å². The number of non-ortho nitro benzene ring substituents is 1. The summed E-state index contributed by atoms with van der Waals surface area (Å²) in [6, 6.07) is 10.0. The van der Waals surface area contributed by atoms with Crippen molar-refractivity contribution in [2.75, 3.05) is 4.90 Å². The number of allylic oxidation sites excluding steroid dienone is 3. The first-order chi connectivity index (χ1) is 15.0. The second-order valence-electron chi connectivity index (χ2n) is 8.52. The minimum absolute atomic E-state index is 0.0472. The third-order valence-corrected chi connectivity index (χ3v) is 7.63. The van der Waals surface area contributed by atoms with Crippen molar-refractivity contribution in [3.05, 3.63) is 76.8 Å². The Labute approximate surface area is 202 Å². The molecular formula is C22H18BrClN4O3S. The first kappa shape index (κ1) is 22.5. The smallest absolute Gasteiger partial charge is 0.271 e. The van der Waals surface area contributed by atoms with E-state index in [4.69, 9.17) is 17.3 Å². The van der Waals surface area contributed by atoms with Gasteiger partial charge in [-0.2, -0.15) is 5.26 Å². The van der Waals surface area contributed by atoms with Crippen LogP contribution in [0, 0.1) is 26.9 Å². The van der Waals surface area contributed by atoms with Crippen LogP contribution in [0.5, 0.6) is 0 Å². The molecule has 0 saturated heterocycles. The fraction of sp³-hybridized carbons (Fsp3) is 0.273. The second-order valence-corrected chi connectivity index (χ2v) is 11.4. The first-order valence-corrected chi connectivity index (χ1v) is 11.7. The number of nitrogens with two attached hydrogens (primary N) is 1. The molecule has 164 valence electrons. The van der Waals surface area contributed by atoms with Gasteiger partial charge in [0.25, 0.3) is 5.69 Å². The number of Topliss-reactive ketones (excluding diaryl/α,β-unsaturated/α-hetero) is 1. The maximum absolute atomic E-state index is 13.4. The number of hydrogen-bond donors (Lipinski definition) is 1. The third kappa shape index (κ3) is 3.72. The Kier molecular flexibility index (Phi) is 5.65. The van der Waals surface area contributed by atoms with Crippen LogP contribution in [0.3, 0.4) is 0 Å². The SMILES string of the molecule is CC1(C)CC(=O)C2=C(C1)N(c1ccc([N+](=O)[O-])cc1Cl)C(N)=C(C#N)C2c1ccc(Br)s1. The van der Waals surface area contributed by atoms with E-state index >= 15 is 0 Å². The van der Waals surface area contributed by atoms with Crippen molar-refractivity contribution >= 4 is 56.0 Å². The number of rotatable bonds is 3. The van der Waals surface area contributed by atoms with Gasteiger partial charge in [0.15, 0.2) is 5.78 Å². The van der Waals surface area contributed by atoms with Crippen LogP contribution in [0.2, 0.25) is 5.02 Å². The number of nitriles is 1. The van der Waals surface area contributed by atoms with Gasteiger partial charge in [0.1, 0.15) is 5.82 Å². The molecule has 2 N–H and O–H groups in total. The summed E-state index contributed by atoms with van der Waals surface area (Å²) in [4.78, 5) is 26.5. The minimum Gasteiger partial charge on any atom is -0.384 e. The van der Waals surface area contributed by atoms with Crippen LogP contribution >= 0.6 is 38.9 Å². The molecule has 32 heavy (non-hydrogen) atoms. The molecule has 2 heterocycles. The van der Waals surface area contributed by atoms with Gasteiger partial charge in [0.2, 0.25) is 0 Å². The molecule has 0 fully saturated rings. The predicted octanol–water partition coefficient (Wildman–Crippen LogP) is 6.01. The van der Waals surface area contributed by atoms with Crippen LogP contribution in [0.15, 0.2) is 56.8 Å². The third-order valence-electron chi connectivity index (χ3n) is 5.64. The van der Waals surface area contributed by atoms with Gasteiger partial charge in [-0.25, -0.2) is 0 Å². The van der Waals surface area contributed by atoms with Crippen LogP contribution < -0.4 is 10.6 Å². The highest BCUT2D eigenvalue weighted by Gasteiger charge is 2.45. The van der Waals surface area contributed by atoms with Gasteiger partial charge in [-0.1, -0.05) is 25.4 Å². The van der Waals surface area contributed by atoms with Gasteiger partial charge in [-0.3, -0.25) is 19.8 Å². The van der Waals surface area contributed by atoms with Crippen molar-refractivity contribution in [2.45, 2.75) is 32.6 Å². The number of carbonyl (C=O) groups is 1. The van der Waals surface area contributed by atoms with Crippen LogP contribution in [-0.4, -0.2) is 10.7 Å². The number of thiophene rings is 1. The number of nitro benzene ring substituents is 1. The van der Waals surface area contributed by atoms with Crippen molar-refractivity contribution in [2.24, 2.45) is 11.1 Å². The summed E-state index contributed by atoms with van der Waals surface area (Å²) in [6.07, 6.45) is 0.874. The molecule has 2 aliphatic rings. The summed E-state index contributed by atoms with van der Waals surface area (Å²) < 4.78 is 0.884. The lowest BCUT2D eigenvalue weighted by atomic mass is 9.69. The molecule has 1 unspecified atom stereocenters. The summed E-state index contributed by atoms with van der Waals surface area (Å²) >= 11 is 11.3. The van der Waals surface area contributed by atoms with E-state index < -0.39 is 10.8 Å². The Morgan fingerprint density at radius 2 is 2.06 bits per heavy atom. The van der Waals surface area contributed by atoms with E-state index in [1.807, 2.05) is 26.0 Å². The molecule has 2 aromatic rings. The average Bonchev–Trinajstić information content (AvgIpc) is 3.12. The van der Waals surface area contributed by atoms with Crippen LogP contribution in [0.1, 0.15) is 37.5 Å². The average molecular weight is 534 g/mol. The lowest BCUT2D eigenvalue weighted by Gasteiger charge is -2.43. The van der Waals surface area contributed by atoms with E-state index in [0.29, 0.717) is 29.8 Å². The molecule has 10 heteroatoms. The predicted molar refractivity (Wildman–Crippen MR) is 127 cm³/mol. The number of benzene rings is 1. The first-order valence-electron chi connectivity index (χ1n) is 9.69. The maximum Gasteiger partial charge on any atom is 0.271 e. The number of hydrogen-bond acceptors (Lipinski definition) is 7. The number of nitro groups is 1. The van der Waals surface area contributed by atoms with Crippen molar-refractivity contribution in [1.29, 1.82) is 5.26 Å². The van der Waals surface area contributed by atoms with Crippen molar-refractivity contribution in [3.8, 4) is 6.07 Å². The Bertz CT molecular complexity index is 1270. The fourth-order valence-electron chi connectivity index (χ4n) is 4.34. The lowest BCUT2D eigenvalue weighted by molar-refractivity contribution is -0.384. The largest absolute Gasteiger partial charge is 0.384 e. The molecule has 1 aliphatic heterocycles.